The Labute approximate surface area is 143 Å². The summed E-state index contributed by atoms with van der Waals surface area (Å²) in [5.74, 6) is -0.223. The summed E-state index contributed by atoms with van der Waals surface area (Å²) in [5.41, 5.74) is 0. The first-order chi connectivity index (χ1) is 11.4. The predicted molar refractivity (Wildman–Crippen MR) is 93.8 cm³/mol. The summed E-state index contributed by atoms with van der Waals surface area (Å²) in [7, 11) is 0. The van der Waals surface area contributed by atoms with Crippen molar-refractivity contribution in [1.29, 1.82) is 0 Å². The SMILES string of the molecule is C1CCCCCC2(CCCCC1)OC[C@H](C[NH+]1CCCCC1)O2. The molecule has 3 aliphatic rings. The normalized spacial score (nSPS) is 31.6. The first-order valence-electron chi connectivity index (χ1n) is 10.5. The molecule has 134 valence electrons. The molecule has 3 nitrogen and oxygen atoms in total. The zero-order valence-electron chi connectivity index (χ0n) is 15.1. The number of hydrogen-bond donors (Lipinski definition) is 1. The van der Waals surface area contributed by atoms with E-state index in [4.69, 9.17) is 9.47 Å². The number of likely N-dealkylation sites (tertiary alicyclic amines) is 1. The monoisotopic (exact) mass is 324 g/mol. The van der Waals surface area contributed by atoms with Crippen LogP contribution >= 0.6 is 0 Å². The lowest BCUT2D eigenvalue weighted by atomic mass is 9.97. The van der Waals surface area contributed by atoms with Crippen molar-refractivity contribution in [3.63, 3.8) is 0 Å². The van der Waals surface area contributed by atoms with Gasteiger partial charge in [-0.3, -0.25) is 0 Å². The molecule has 2 aliphatic heterocycles. The third-order valence-corrected chi connectivity index (χ3v) is 6.11. The number of ether oxygens (including phenoxy) is 2. The van der Waals surface area contributed by atoms with E-state index < -0.39 is 0 Å². The highest BCUT2D eigenvalue weighted by molar-refractivity contribution is 4.79. The average Bonchev–Trinajstić information content (AvgIpc) is 2.95. The van der Waals surface area contributed by atoms with Crippen LogP contribution in [0.2, 0.25) is 0 Å². The van der Waals surface area contributed by atoms with Crippen molar-refractivity contribution in [2.75, 3.05) is 26.2 Å². The lowest BCUT2D eigenvalue weighted by Gasteiger charge is -2.30. The molecule has 3 fully saturated rings. The quantitative estimate of drug-likeness (QED) is 0.840. The summed E-state index contributed by atoms with van der Waals surface area (Å²) >= 11 is 0. The van der Waals surface area contributed by atoms with Gasteiger partial charge in [0.05, 0.1) is 19.7 Å². The molecule has 2 heterocycles. The van der Waals surface area contributed by atoms with E-state index in [-0.39, 0.29) is 5.79 Å². The van der Waals surface area contributed by atoms with Crippen LogP contribution in [0.25, 0.3) is 0 Å². The summed E-state index contributed by atoms with van der Waals surface area (Å²) < 4.78 is 12.9. The van der Waals surface area contributed by atoms with Gasteiger partial charge in [0.25, 0.3) is 0 Å². The van der Waals surface area contributed by atoms with E-state index in [9.17, 15) is 0 Å². The molecule has 0 unspecified atom stereocenters. The number of piperidine rings is 1. The zero-order chi connectivity index (χ0) is 15.8. The summed E-state index contributed by atoms with van der Waals surface area (Å²) in [6.07, 6.45) is 19.2. The molecule has 1 aliphatic carbocycles. The maximum Gasteiger partial charge on any atom is 0.169 e. The fraction of sp³-hybridized carbons (Fsp3) is 1.00. The molecule has 1 N–H and O–H groups in total. The highest BCUT2D eigenvalue weighted by Crippen LogP contribution is 2.34. The molecule has 0 radical (unpaired) electrons. The number of nitrogens with one attached hydrogen (secondary N) is 1. The van der Waals surface area contributed by atoms with E-state index in [0.29, 0.717) is 6.10 Å². The van der Waals surface area contributed by atoms with Crippen molar-refractivity contribution in [3.05, 3.63) is 0 Å². The van der Waals surface area contributed by atoms with Gasteiger partial charge in [0.2, 0.25) is 0 Å². The van der Waals surface area contributed by atoms with Crippen LogP contribution in [-0.2, 0) is 9.47 Å². The molecule has 0 bridgehead atoms. The second-order valence-corrected chi connectivity index (χ2v) is 8.16. The number of quaternary nitrogens is 1. The summed E-state index contributed by atoms with van der Waals surface area (Å²) in [5, 5.41) is 0. The van der Waals surface area contributed by atoms with Gasteiger partial charge >= 0.3 is 0 Å². The highest BCUT2D eigenvalue weighted by Gasteiger charge is 2.42. The van der Waals surface area contributed by atoms with Gasteiger partial charge in [-0.1, -0.05) is 44.9 Å². The Hall–Kier alpha value is -0.120. The molecular weight excluding hydrogens is 286 g/mol. The Morgan fingerprint density at radius 2 is 1.22 bits per heavy atom. The molecule has 0 amide bonds. The molecule has 0 aromatic heterocycles. The molecule has 1 atom stereocenters. The van der Waals surface area contributed by atoms with Gasteiger partial charge < -0.3 is 14.4 Å². The topological polar surface area (TPSA) is 22.9 Å². The minimum absolute atomic E-state index is 0.223. The number of rotatable bonds is 2. The van der Waals surface area contributed by atoms with E-state index in [0.717, 1.165) is 19.4 Å². The van der Waals surface area contributed by atoms with Crippen molar-refractivity contribution in [1.82, 2.24) is 0 Å². The van der Waals surface area contributed by atoms with Crippen molar-refractivity contribution in [2.45, 2.75) is 102 Å². The fourth-order valence-corrected chi connectivity index (χ4v) is 4.71. The van der Waals surface area contributed by atoms with E-state index in [1.54, 1.807) is 4.90 Å². The third-order valence-electron chi connectivity index (χ3n) is 6.11. The van der Waals surface area contributed by atoms with E-state index in [2.05, 4.69) is 0 Å². The summed E-state index contributed by atoms with van der Waals surface area (Å²) in [6.45, 7) is 4.69. The molecule has 0 aromatic rings. The van der Waals surface area contributed by atoms with E-state index >= 15 is 0 Å². The van der Waals surface area contributed by atoms with Crippen LogP contribution in [0.3, 0.4) is 0 Å². The van der Waals surface area contributed by atoms with Crippen molar-refractivity contribution in [3.8, 4) is 0 Å². The second kappa shape index (κ2) is 9.39. The van der Waals surface area contributed by atoms with Gasteiger partial charge in [0.15, 0.2) is 5.79 Å². The van der Waals surface area contributed by atoms with Crippen molar-refractivity contribution < 1.29 is 14.4 Å². The first kappa shape index (κ1) is 17.7. The van der Waals surface area contributed by atoms with E-state index in [1.165, 1.54) is 96.7 Å². The molecule has 1 saturated carbocycles. The molecule has 3 rings (SSSR count). The molecular formula is C20H38NO2+. The second-order valence-electron chi connectivity index (χ2n) is 8.16. The number of hydrogen-bond acceptors (Lipinski definition) is 2. The van der Waals surface area contributed by atoms with Crippen LogP contribution in [0.1, 0.15) is 89.9 Å². The molecule has 1 spiro atoms. The maximum absolute atomic E-state index is 6.55. The molecule has 2 saturated heterocycles. The predicted octanol–water partition coefficient (Wildman–Crippen LogP) is 3.47. The Morgan fingerprint density at radius 1 is 0.696 bits per heavy atom. The van der Waals surface area contributed by atoms with Crippen molar-refractivity contribution >= 4 is 0 Å². The van der Waals surface area contributed by atoms with Gasteiger partial charge in [0.1, 0.15) is 12.6 Å². The van der Waals surface area contributed by atoms with Crippen LogP contribution < -0.4 is 4.90 Å². The molecule has 3 heteroatoms. The average molecular weight is 325 g/mol. The minimum atomic E-state index is -0.223. The van der Waals surface area contributed by atoms with Gasteiger partial charge in [0, 0.05) is 12.8 Å². The molecule has 0 aromatic carbocycles. The van der Waals surface area contributed by atoms with Gasteiger partial charge in [-0.25, -0.2) is 0 Å². The van der Waals surface area contributed by atoms with Crippen LogP contribution in [0, 0.1) is 0 Å². The standard InChI is InChI=1S/C20H37NO2/c1-2-4-6-9-13-20(14-10-7-5-3-1)22-18-19(23-20)17-21-15-11-8-12-16-21/h19H,1-18H2/p+1/t19-/m0/s1. The van der Waals surface area contributed by atoms with Crippen LogP contribution in [0.4, 0.5) is 0 Å². The highest BCUT2D eigenvalue weighted by atomic mass is 16.7. The van der Waals surface area contributed by atoms with Crippen LogP contribution in [-0.4, -0.2) is 38.1 Å². The summed E-state index contributed by atoms with van der Waals surface area (Å²) in [4.78, 5) is 1.75. The molecule has 23 heavy (non-hydrogen) atoms. The van der Waals surface area contributed by atoms with Gasteiger partial charge in [-0.15, -0.1) is 0 Å². The third kappa shape index (κ3) is 5.72. The fourth-order valence-electron chi connectivity index (χ4n) is 4.71. The van der Waals surface area contributed by atoms with Crippen LogP contribution in [0.5, 0.6) is 0 Å². The van der Waals surface area contributed by atoms with Crippen LogP contribution in [0.15, 0.2) is 0 Å². The summed E-state index contributed by atoms with van der Waals surface area (Å²) in [6, 6.07) is 0. The first-order valence-corrected chi connectivity index (χ1v) is 10.5. The zero-order valence-corrected chi connectivity index (χ0v) is 15.1. The maximum atomic E-state index is 6.55. The Kier molecular flexibility index (Phi) is 7.22. The lowest BCUT2D eigenvalue weighted by Crippen LogP contribution is -3.13. The van der Waals surface area contributed by atoms with E-state index in [1.807, 2.05) is 0 Å². The van der Waals surface area contributed by atoms with Gasteiger partial charge in [-0.05, 0) is 32.1 Å². The Morgan fingerprint density at radius 3 is 1.83 bits per heavy atom. The largest absolute Gasteiger partial charge is 0.347 e. The Balaban J connectivity index is 1.48. The lowest BCUT2D eigenvalue weighted by molar-refractivity contribution is -0.907. The smallest absolute Gasteiger partial charge is 0.169 e. The Bertz CT molecular complexity index is 316. The minimum Gasteiger partial charge on any atom is -0.347 e. The van der Waals surface area contributed by atoms with Crippen molar-refractivity contribution in [2.24, 2.45) is 0 Å². The van der Waals surface area contributed by atoms with Gasteiger partial charge in [-0.2, -0.15) is 0 Å².